The molecule has 3 aromatic carbocycles. The summed E-state index contributed by atoms with van der Waals surface area (Å²) in [6.07, 6.45) is 0.377. The first kappa shape index (κ1) is 22.2. The van der Waals surface area contributed by atoms with Gasteiger partial charge in [-0.3, -0.25) is 9.52 Å². The summed E-state index contributed by atoms with van der Waals surface area (Å²) >= 11 is 0. The number of rotatable bonds is 8. The number of carbonyl (C=O) groups excluding carboxylic acids is 1. The summed E-state index contributed by atoms with van der Waals surface area (Å²) in [5, 5.41) is 6.62. The van der Waals surface area contributed by atoms with E-state index in [0.717, 1.165) is 17.7 Å². The Morgan fingerprint density at radius 1 is 0.909 bits per heavy atom. The number of hydrogen-bond acceptors (Lipinski definition) is 6. The number of carbonyl (C=O) groups is 1. The molecule has 0 aliphatic heterocycles. The van der Waals surface area contributed by atoms with Gasteiger partial charge in [-0.05, 0) is 48.5 Å². The van der Waals surface area contributed by atoms with Crippen LogP contribution < -0.4 is 10.0 Å². The summed E-state index contributed by atoms with van der Waals surface area (Å²) in [5.41, 5.74) is 1.50. The van der Waals surface area contributed by atoms with Crippen LogP contribution in [-0.2, 0) is 21.2 Å². The van der Waals surface area contributed by atoms with Gasteiger partial charge in [0.25, 0.3) is 10.0 Å². The SMILES string of the molecule is O=C(CCc1nc(-c2ccccc2)no1)Nc1ccc(S(=O)(=O)Nc2ccc(F)cc2)cc1. The predicted octanol–water partition coefficient (Wildman–Crippen LogP) is 4.25. The van der Waals surface area contributed by atoms with E-state index in [1.807, 2.05) is 30.3 Å². The van der Waals surface area contributed by atoms with Crippen LogP contribution in [0.1, 0.15) is 12.3 Å². The molecule has 2 N–H and O–H groups in total. The minimum absolute atomic E-state index is 0.00382. The molecule has 0 fully saturated rings. The maximum absolute atomic E-state index is 13.0. The van der Waals surface area contributed by atoms with Crippen molar-refractivity contribution in [2.24, 2.45) is 0 Å². The van der Waals surface area contributed by atoms with Crippen LogP contribution in [0.2, 0.25) is 0 Å². The average molecular weight is 466 g/mol. The highest BCUT2D eigenvalue weighted by Crippen LogP contribution is 2.19. The second-order valence-corrected chi connectivity index (χ2v) is 8.75. The van der Waals surface area contributed by atoms with Crippen LogP contribution in [0.5, 0.6) is 0 Å². The average Bonchev–Trinajstić information content (AvgIpc) is 3.29. The first-order chi connectivity index (χ1) is 15.9. The standard InChI is InChI=1S/C23H19FN4O4S/c24-17-6-8-19(9-7-17)28-33(30,31)20-12-10-18(11-13-20)25-21(29)14-15-22-26-23(27-32-22)16-4-2-1-3-5-16/h1-13,28H,14-15H2,(H,25,29). The van der Waals surface area contributed by atoms with Crippen LogP contribution in [0.15, 0.2) is 88.3 Å². The van der Waals surface area contributed by atoms with Gasteiger partial charge in [-0.15, -0.1) is 0 Å². The molecule has 1 amide bonds. The highest BCUT2D eigenvalue weighted by Gasteiger charge is 2.15. The van der Waals surface area contributed by atoms with Gasteiger partial charge in [-0.25, -0.2) is 12.8 Å². The lowest BCUT2D eigenvalue weighted by atomic mass is 10.2. The summed E-state index contributed by atoms with van der Waals surface area (Å²) < 4.78 is 45.5. The van der Waals surface area contributed by atoms with E-state index >= 15 is 0 Å². The number of amides is 1. The molecule has 168 valence electrons. The zero-order chi connectivity index (χ0) is 23.3. The number of aryl methyl sites for hydroxylation is 1. The van der Waals surface area contributed by atoms with E-state index in [-0.39, 0.29) is 29.3 Å². The lowest BCUT2D eigenvalue weighted by Gasteiger charge is -2.09. The molecule has 0 bridgehead atoms. The van der Waals surface area contributed by atoms with E-state index < -0.39 is 15.8 Å². The molecule has 0 saturated carbocycles. The summed E-state index contributed by atoms with van der Waals surface area (Å²) in [6.45, 7) is 0. The molecule has 4 aromatic rings. The van der Waals surface area contributed by atoms with E-state index in [4.69, 9.17) is 4.52 Å². The molecule has 0 spiro atoms. The Labute approximate surface area is 189 Å². The lowest BCUT2D eigenvalue weighted by Crippen LogP contribution is -2.14. The van der Waals surface area contributed by atoms with Crippen molar-refractivity contribution in [3.63, 3.8) is 0 Å². The Kier molecular flexibility index (Phi) is 6.45. The number of nitrogens with one attached hydrogen (secondary N) is 2. The van der Waals surface area contributed by atoms with Crippen molar-refractivity contribution in [1.82, 2.24) is 10.1 Å². The second-order valence-electron chi connectivity index (χ2n) is 7.06. The van der Waals surface area contributed by atoms with Crippen molar-refractivity contribution in [1.29, 1.82) is 0 Å². The van der Waals surface area contributed by atoms with Gasteiger partial charge in [0.1, 0.15) is 5.82 Å². The number of hydrogen-bond donors (Lipinski definition) is 2. The van der Waals surface area contributed by atoms with Gasteiger partial charge < -0.3 is 9.84 Å². The van der Waals surface area contributed by atoms with Crippen LogP contribution in [0.25, 0.3) is 11.4 Å². The van der Waals surface area contributed by atoms with Gasteiger partial charge in [0.2, 0.25) is 17.6 Å². The molecule has 1 heterocycles. The van der Waals surface area contributed by atoms with Crippen molar-refractivity contribution in [3.8, 4) is 11.4 Å². The summed E-state index contributed by atoms with van der Waals surface area (Å²) in [4.78, 5) is 16.5. The molecule has 0 saturated heterocycles. The second kappa shape index (κ2) is 9.61. The topological polar surface area (TPSA) is 114 Å². The fourth-order valence-corrected chi connectivity index (χ4v) is 4.01. The van der Waals surface area contributed by atoms with Crippen molar-refractivity contribution >= 4 is 27.3 Å². The van der Waals surface area contributed by atoms with Crippen LogP contribution in [0, 0.1) is 5.82 Å². The maximum atomic E-state index is 13.0. The molecular weight excluding hydrogens is 447 g/mol. The molecule has 0 radical (unpaired) electrons. The third-order valence-corrected chi connectivity index (χ3v) is 6.01. The molecule has 4 rings (SSSR count). The maximum Gasteiger partial charge on any atom is 0.261 e. The van der Waals surface area contributed by atoms with Crippen LogP contribution in [-0.4, -0.2) is 24.5 Å². The van der Waals surface area contributed by atoms with Crippen LogP contribution >= 0.6 is 0 Å². The van der Waals surface area contributed by atoms with Crippen molar-refractivity contribution in [2.75, 3.05) is 10.0 Å². The Balaban J connectivity index is 1.32. The summed E-state index contributed by atoms with van der Waals surface area (Å²) in [5.74, 6) is 0.0534. The molecule has 0 aliphatic rings. The Morgan fingerprint density at radius 3 is 2.27 bits per heavy atom. The van der Waals surface area contributed by atoms with Gasteiger partial charge in [0.15, 0.2) is 0 Å². The van der Waals surface area contributed by atoms with E-state index in [1.165, 1.54) is 36.4 Å². The van der Waals surface area contributed by atoms with E-state index in [9.17, 15) is 17.6 Å². The first-order valence-corrected chi connectivity index (χ1v) is 11.4. The Bertz CT molecular complexity index is 1340. The number of sulfonamides is 1. The molecule has 0 aliphatic carbocycles. The van der Waals surface area contributed by atoms with E-state index in [1.54, 1.807) is 0 Å². The fourth-order valence-electron chi connectivity index (χ4n) is 2.95. The highest BCUT2D eigenvalue weighted by molar-refractivity contribution is 7.92. The van der Waals surface area contributed by atoms with E-state index in [2.05, 4.69) is 20.2 Å². The van der Waals surface area contributed by atoms with Crippen molar-refractivity contribution in [3.05, 3.63) is 90.6 Å². The van der Waals surface area contributed by atoms with Crippen LogP contribution in [0.3, 0.4) is 0 Å². The third kappa shape index (κ3) is 5.80. The normalized spacial score (nSPS) is 11.2. The van der Waals surface area contributed by atoms with Crippen molar-refractivity contribution in [2.45, 2.75) is 17.7 Å². The fraction of sp³-hybridized carbons (Fsp3) is 0.0870. The first-order valence-electron chi connectivity index (χ1n) is 9.95. The minimum Gasteiger partial charge on any atom is -0.339 e. The Hall–Kier alpha value is -4.05. The van der Waals surface area contributed by atoms with Gasteiger partial charge in [-0.1, -0.05) is 35.5 Å². The quantitative estimate of drug-likeness (QED) is 0.401. The summed E-state index contributed by atoms with van der Waals surface area (Å²) in [6, 6.07) is 20.0. The lowest BCUT2D eigenvalue weighted by molar-refractivity contribution is -0.116. The smallest absolute Gasteiger partial charge is 0.261 e. The molecule has 1 aromatic heterocycles. The number of anilines is 2. The van der Waals surface area contributed by atoms with Gasteiger partial charge >= 0.3 is 0 Å². The van der Waals surface area contributed by atoms with Gasteiger partial charge in [-0.2, -0.15) is 4.98 Å². The number of nitrogens with zero attached hydrogens (tertiary/aromatic N) is 2. The third-order valence-electron chi connectivity index (χ3n) is 4.61. The molecule has 33 heavy (non-hydrogen) atoms. The molecule has 8 nitrogen and oxygen atoms in total. The summed E-state index contributed by atoms with van der Waals surface area (Å²) in [7, 11) is -3.85. The van der Waals surface area contributed by atoms with E-state index in [0.29, 0.717) is 17.4 Å². The van der Waals surface area contributed by atoms with Crippen molar-refractivity contribution < 1.29 is 22.1 Å². The Morgan fingerprint density at radius 2 is 1.58 bits per heavy atom. The van der Waals surface area contributed by atoms with Gasteiger partial charge in [0.05, 0.1) is 4.90 Å². The molecular formula is C23H19FN4O4S. The molecule has 0 atom stereocenters. The molecule has 10 heteroatoms. The monoisotopic (exact) mass is 466 g/mol. The zero-order valence-corrected chi connectivity index (χ0v) is 18.0. The number of halogens is 1. The minimum atomic E-state index is -3.85. The molecule has 0 unspecified atom stereocenters. The highest BCUT2D eigenvalue weighted by atomic mass is 32.2. The number of benzene rings is 3. The predicted molar refractivity (Wildman–Crippen MR) is 120 cm³/mol. The van der Waals surface area contributed by atoms with Gasteiger partial charge in [0, 0.05) is 29.8 Å². The number of aromatic nitrogens is 2. The largest absolute Gasteiger partial charge is 0.339 e. The zero-order valence-electron chi connectivity index (χ0n) is 17.2. The van der Waals surface area contributed by atoms with Crippen LogP contribution in [0.4, 0.5) is 15.8 Å².